The summed E-state index contributed by atoms with van der Waals surface area (Å²) in [5.74, 6) is 0.952. The van der Waals surface area contributed by atoms with Crippen molar-refractivity contribution in [2.45, 2.75) is 97.4 Å². The highest BCUT2D eigenvalue weighted by Gasteiger charge is 2.10. The van der Waals surface area contributed by atoms with Crippen molar-refractivity contribution in [3.8, 4) is 11.5 Å². The lowest BCUT2D eigenvalue weighted by Crippen LogP contribution is -2.34. The Morgan fingerprint density at radius 2 is 1.52 bits per heavy atom. The number of rotatable bonds is 20. The third kappa shape index (κ3) is 12.3. The fourth-order valence-electron chi connectivity index (χ4n) is 4.57. The van der Waals surface area contributed by atoms with E-state index in [0.29, 0.717) is 17.4 Å². The summed E-state index contributed by atoms with van der Waals surface area (Å²) in [7, 11) is 0. The maximum atomic E-state index is 12.4. The van der Waals surface area contributed by atoms with Crippen LogP contribution in [0.25, 0.3) is 0 Å². The highest BCUT2D eigenvalue weighted by molar-refractivity contribution is 7.07. The summed E-state index contributed by atoms with van der Waals surface area (Å²) in [6.45, 7) is 5.73. The second kappa shape index (κ2) is 18.7. The van der Waals surface area contributed by atoms with Gasteiger partial charge in [0.25, 0.3) is 5.91 Å². The number of nitrogens with one attached hydrogen (secondary N) is 1. The summed E-state index contributed by atoms with van der Waals surface area (Å²) in [5.41, 5.74) is 5.25. The van der Waals surface area contributed by atoms with Crippen LogP contribution in [0.3, 0.4) is 0 Å². The minimum Gasteiger partial charge on any atom is -0.494 e. The van der Waals surface area contributed by atoms with Crippen LogP contribution in [-0.4, -0.2) is 19.1 Å². The second-order valence-electron chi connectivity index (χ2n) is 10.5. The number of aromatic nitrogens is 1. The number of ether oxygens (including phenoxy) is 2. The van der Waals surface area contributed by atoms with Crippen LogP contribution in [0.15, 0.2) is 53.4 Å². The van der Waals surface area contributed by atoms with Gasteiger partial charge in [0.2, 0.25) is 5.51 Å². The molecular weight excluding hydrogens is 540 g/mol. The molecule has 0 fully saturated rings. The Labute approximate surface area is 249 Å². The minimum absolute atomic E-state index is 0.121. The van der Waals surface area contributed by atoms with E-state index >= 15 is 0 Å². The van der Waals surface area contributed by atoms with Gasteiger partial charge in [-0.1, -0.05) is 113 Å². The van der Waals surface area contributed by atoms with Crippen LogP contribution < -0.4 is 19.4 Å². The van der Waals surface area contributed by atoms with Crippen LogP contribution in [0.4, 0.5) is 5.69 Å². The van der Waals surface area contributed by atoms with Gasteiger partial charge >= 0.3 is 0 Å². The number of aryl methyl sites for hydroxylation is 1. The molecule has 0 unspecified atom stereocenters. The number of unbranched alkanes of at least 4 members (excludes halogenated alkanes) is 11. The van der Waals surface area contributed by atoms with Crippen LogP contribution >= 0.6 is 22.9 Å². The van der Waals surface area contributed by atoms with Crippen molar-refractivity contribution in [1.29, 1.82) is 0 Å². The number of carbonyl (C=O) groups is 1. The normalized spacial score (nSPS) is 11.0. The van der Waals surface area contributed by atoms with Crippen molar-refractivity contribution in [3.05, 3.63) is 69.6 Å². The molecule has 218 valence electrons. The molecule has 7 heteroatoms. The Morgan fingerprint density at radius 1 is 0.875 bits per heavy atom. The Hall–Kier alpha value is -2.57. The summed E-state index contributed by atoms with van der Waals surface area (Å²) >= 11 is 8.07. The summed E-state index contributed by atoms with van der Waals surface area (Å²) < 4.78 is 13.7. The van der Waals surface area contributed by atoms with Crippen molar-refractivity contribution >= 4 is 34.5 Å². The Bertz CT molecular complexity index is 1130. The molecule has 0 aliphatic rings. The van der Waals surface area contributed by atoms with Crippen molar-refractivity contribution in [1.82, 2.24) is 0 Å². The molecule has 2 aromatic carbocycles. The van der Waals surface area contributed by atoms with Gasteiger partial charge in [-0.2, -0.15) is 4.57 Å². The predicted octanol–water partition coefficient (Wildman–Crippen LogP) is 9.14. The monoisotopic (exact) mass is 585 g/mol. The van der Waals surface area contributed by atoms with E-state index in [1.807, 2.05) is 30.3 Å². The van der Waals surface area contributed by atoms with Gasteiger partial charge in [-0.15, -0.1) is 0 Å². The summed E-state index contributed by atoms with van der Waals surface area (Å²) in [4.78, 5) is 12.4. The van der Waals surface area contributed by atoms with Gasteiger partial charge in [-0.3, -0.25) is 4.79 Å². The van der Waals surface area contributed by atoms with Gasteiger partial charge in [0.05, 0.1) is 17.0 Å². The molecule has 5 nitrogen and oxygen atoms in total. The molecule has 0 aliphatic carbocycles. The number of benzene rings is 2. The van der Waals surface area contributed by atoms with E-state index in [1.165, 1.54) is 81.9 Å². The first-order chi connectivity index (χ1) is 19.5. The number of amides is 1. The molecule has 0 atom stereocenters. The smallest absolute Gasteiger partial charge is 0.262 e. The fourth-order valence-corrected chi connectivity index (χ4v) is 5.57. The van der Waals surface area contributed by atoms with Crippen LogP contribution in [0.1, 0.15) is 95.2 Å². The van der Waals surface area contributed by atoms with Crippen molar-refractivity contribution in [3.63, 3.8) is 0 Å². The van der Waals surface area contributed by atoms with Crippen molar-refractivity contribution in [2.24, 2.45) is 0 Å². The van der Waals surface area contributed by atoms with Crippen LogP contribution in [-0.2, 0) is 11.3 Å². The molecule has 0 bridgehead atoms. The van der Waals surface area contributed by atoms with Crippen molar-refractivity contribution < 1.29 is 18.8 Å². The molecule has 0 aliphatic heterocycles. The number of carbonyl (C=O) groups excluding carboxylic acids is 1. The lowest BCUT2D eigenvalue weighted by atomic mass is 10.1. The van der Waals surface area contributed by atoms with E-state index in [4.69, 9.17) is 21.1 Å². The fraction of sp³-hybridized carbons (Fsp3) is 0.515. The molecule has 1 aromatic heterocycles. The lowest BCUT2D eigenvalue weighted by Gasteiger charge is -2.11. The van der Waals surface area contributed by atoms with Crippen LogP contribution in [0, 0.1) is 6.92 Å². The topological polar surface area (TPSA) is 51.4 Å². The van der Waals surface area contributed by atoms with Gasteiger partial charge in [0.15, 0.2) is 18.8 Å². The van der Waals surface area contributed by atoms with Gasteiger partial charge < -0.3 is 14.8 Å². The van der Waals surface area contributed by atoms with E-state index in [2.05, 4.69) is 34.6 Å². The number of thiazole rings is 1. The third-order valence-electron chi connectivity index (χ3n) is 7.00. The van der Waals surface area contributed by atoms with Gasteiger partial charge in [0.1, 0.15) is 11.5 Å². The second-order valence-corrected chi connectivity index (χ2v) is 11.6. The zero-order valence-electron chi connectivity index (χ0n) is 24.3. The number of anilines is 1. The van der Waals surface area contributed by atoms with E-state index in [-0.39, 0.29) is 12.5 Å². The van der Waals surface area contributed by atoms with E-state index < -0.39 is 0 Å². The number of nitrogens with zero attached hydrogens (tertiary/aromatic N) is 1. The van der Waals surface area contributed by atoms with E-state index in [9.17, 15) is 4.79 Å². The van der Waals surface area contributed by atoms with E-state index in [0.717, 1.165) is 24.4 Å². The predicted molar refractivity (Wildman–Crippen MR) is 167 cm³/mol. The Kier molecular flexibility index (Phi) is 15.0. The largest absolute Gasteiger partial charge is 0.494 e. The molecular formula is C33H46ClN2O3S+. The van der Waals surface area contributed by atoms with Gasteiger partial charge in [-0.25, -0.2) is 0 Å². The van der Waals surface area contributed by atoms with Crippen LogP contribution in [0.2, 0.25) is 5.02 Å². The molecule has 3 aromatic rings. The quantitative estimate of drug-likeness (QED) is 0.106. The molecule has 40 heavy (non-hydrogen) atoms. The SMILES string of the molecule is CCCCCCCCCCCCCCOc1ccc(OCC(=O)Nc2ccc(C[n+]3cscc3C)cc2)c(Cl)c1. The van der Waals surface area contributed by atoms with Gasteiger partial charge in [0, 0.05) is 24.2 Å². The Morgan fingerprint density at radius 3 is 2.12 bits per heavy atom. The molecule has 0 radical (unpaired) electrons. The summed E-state index contributed by atoms with van der Waals surface area (Å²) in [6, 6.07) is 13.2. The number of hydrogen-bond acceptors (Lipinski definition) is 4. The van der Waals surface area contributed by atoms with E-state index in [1.54, 1.807) is 23.5 Å². The first-order valence-corrected chi connectivity index (χ1v) is 16.2. The zero-order chi connectivity index (χ0) is 28.4. The molecule has 0 saturated heterocycles. The first-order valence-electron chi connectivity index (χ1n) is 14.9. The maximum absolute atomic E-state index is 12.4. The summed E-state index contributed by atoms with van der Waals surface area (Å²) in [5, 5.41) is 5.43. The first kappa shape index (κ1) is 32.0. The average molecular weight is 586 g/mol. The maximum Gasteiger partial charge on any atom is 0.262 e. The molecule has 0 saturated carbocycles. The van der Waals surface area contributed by atoms with Crippen LogP contribution in [0.5, 0.6) is 11.5 Å². The third-order valence-corrected chi connectivity index (χ3v) is 8.15. The Balaban J connectivity index is 1.25. The highest BCUT2D eigenvalue weighted by Crippen LogP contribution is 2.29. The zero-order valence-corrected chi connectivity index (χ0v) is 25.8. The van der Waals surface area contributed by atoms with Gasteiger partial charge in [-0.05, 0) is 30.7 Å². The molecule has 0 spiro atoms. The lowest BCUT2D eigenvalue weighted by molar-refractivity contribution is -0.689. The average Bonchev–Trinajstić information content (AvgIpc) is 3.35. The number of halogens is 1. The molecule has 1 heterocycles. The minimum atomic E-state index is -0.237. The molecule has 3 rings (SSSR count). The number of hydrogen-bond donors (Lipinski definition) is 1. The highest BCUT2D eigenvalue weighted by atomic mass is 35.5. The molecule has 1 amide bonds. The summed E-state index contributed by atoms with van der Waals surface area (Å²) in [6.07, 6.45) is 15.9. The van der Waals surface area contributed by atoms with Crippen molar-refractivity contribution in [2.75, 3.05) is 18.5 Å². The standard InChI is InChI=1S/C33H45ClN2O3S/c1-3-4-5-6-7-8-9-10-11-12-13-14-21-38-30-19-20-32(31(34)22-30)39-24-33(37)35-29-17-15-28(16-18-29)23-36-26-40-25-27(36)2/h15-20,22,25-26H,3-14,21,23-24H2,1-2H3/p+1. The molecule has 1 N–H and O–H groups in total.